The second-order valence-corrected chi connectivity index (χ2v) is 5.38. The van der Waals surface area contributed by atoms with Crippen molar-refractivity contribution < 1.29 is 14.8 Å². The van der Waals surface area contributed by atoms with Crippen molar-refractivity contribution in [3.63, 3.8) is 0 Å². The summed E-state index contributed by atoms with van der Waals surface area (Å²) in [5.74, 6) is -0.922. The normalized spacial score (nSPS) is 19.4. The molecule has 0 fully saturated rings. The highest BCUT2D eigenvalue weighted by Gasteiger charge is 2.19. The molecule has 2 rings (SSSR count). The lowest BCUT2D eigenvalue weighted by atomic mass is 10.1. The van der Waals surface area contributed by atoms with E-state index in [9.17, 15) is 9.90 Å². The highest BCUT2D eigenvalue weighted by Crippen LogP contribution is 2.17. The zero-order valence-electron chi connectivity index (χ0n) is 9.33. The number of hydrogen-bond donors (Lipinski definition) is 1. The Hall–Kier alpha value is -0.870. The number of aliphatic carboxylic acids is 1. The standard InChI is InChI=1S/C12H17NO2S/c14-12(15)3-1-2-6-13-7-4-11-10(9-13)5-8-16-11/h5,8H,1-4,6-7,9H2,(H,14,15). The predicted octanol–water partition coefficient (Wildman–Crippen LogP) is -0.391. The largest absolute Gasteiger partial charge is 0.550 e. The second kappa shape index (κ2) is 5.46. The summed E-state index contributed by atoms with van der Waals surface area (Å²) in [6, 6.07) is 2.22. The summed E-state index contributed by atoms with van der Waals surface area (Å²) in [5, 5.41) is 12.4. The van der Waals surface area contributed by atoms with Gasteiger partial charge in [-0.1, -0.05) is 0 Å². The van der Waals surface area contributed by atoms with Crippen molar-refractivity contribution >= 4 is 17.3 Å². The van der Waals surface area contributed by atoms with Gasteiger partial charge in [-0.3, -0.25) is 0 Å². The van der Waals surface area contributed by atoms with Crippen molar-refractivity contribution in [2.45, 2.75) is 32.2 Å². The Bertz CT molecular complexity index is 362. The molecule has 3 nitrogen and oxygen atoms in total. The number of rotatable bonds is 5. The summed E-state index contributed by atoms with van der Waals surface area (Å²) in [5.41, 5.74) is 1.49. The van der Waals surface area contributed by atoms with Crippen LogP contribution in [0.4, 0.5) is 0 Å². The SMILES string of the molecule is O=C([O-])CCCC[NH+]1CCc2sccc2C1. The molecule has 0 spiro atoms. The average Bonchev–Trinajstić information content (AvgIpc) is 2.71. The van der Waals surface area contributed by atoms with Crippen LogP contribution in [-0.2, 0) is 17.8 Å². The van der Waals surface area contributed by atoms with Crippen LogP contribution < -0.4 is 10.0 Å². The van der Waals surface area contributed by atoms with E-state index in [1.54, 1.807) is 9.78 Å². The molecule has 0 saturated carbocycles. The molecule has 4 heteroatoms. The third-order valence-electron chi connectivity index (χ3n) is 3.14. The molecule has 0 radical (unpaired) electrons. The van der Waals surface area contributed by atoms with Gasteiger partial charge in [-0.2, -0.15) is 0 Å². The number of thiophene rings is 1. The predicted molar refractivity (Wildman–Crippen MR) is 61.3 cm³/mol. The molecular weight excluding hydrogens is 222 g/mol. The molecule has 1 aliphatic heterocycles. The Morgan fingerprint density at radius 1 is 1.50 bits per heavy atom. The molecule has 2 heterocycles. The average molecular weight is 239 g/mol. The van der Waals surface area contributed by atoms with Gasteiger partial charge in [0.15, 0.2) is 0 Å². The van der Waals surface area contributed by atoms with Crippen LogP contribution in [0.3, 0.4) is 0 Å². The minimum absolute atomic E-state index is 0.205. The number of carboxylic acids is 1. The highest BCUT2D eigenvalue weighted by molar-refractivity contribution is 7.10. The maximum atomic E-state index is 10.3. The summed E-state index contributed by atoms with van der Waals surface area (Å²) < 4.78 is 0. The Labute approximate surface area is 99.7 Å². The van der Waals surface area contributed by atoms with Crippen molar-refractivity contribution in [1.29, 1.82) is 0 Å². The van der Waals surface area contributed by atoms with Crippen molar-refractivity contribution in [1.82, 2.24) is 0 Å². The van der Waals surface area contributed by atoms with Crippen LogP contribution in [0.2, 0.25) is 0 Å². The minimum Gasteiger partial charge on any atom is -0.550 e. The summed E-state index contributed by atoms with van der Waals surface area (Å²) >= 11 is 1.86. The van der Waals surface area contributed by atoms with E-state index in [1.807, 2.05) is 11.3 Å². The van der Waals surface area contributed by atoms with Gasteiger partial charge in [-0.15, -0.1) is 11.3 Å². The van der Waals surface area contributed by atoms with E-state index in [2.05, 4.69) is 11.4 Å². The molecule has 1 aromatic heterocycles. The van der Waals surface area contributed by atoms with E-state index < -0.39 is 5.97 Å². The molecule has 1 unspecified atom stereocenters. The number of carbonyl (C=O) groups is 1. The number of nitrogens with one attached hydrogen (secondary N) is 1. The highest BCUT2D eigenvalue weighted by atomic mass is 32.1. The van der Waals surface area contributed by atoms with Crippen LogP contribution in [-0.4, -0.2) is 19.1 Å². The summed E-state index contributed by atoms with van der Waals surface area (Å²) in [6.07, 6.45) is 3.13. The van der Waals surface area contributed by atoms with E-state index in [0.717, 1.165) is 25.9 Å². The van der Waals surface area contributed by atoms with Crippen LogP contribution in [0.25, 0.3) is 0 Å². The molecule has 0 aromatic carbocycles. The number of fused-ring (bicyclic) bond motifs is 1. The molecule has 0 amide bonds. The number of quaternary nitrogens is 1. The maximum absolute atomic E-state index is 10.3. The zero-order valence-corrected chi connectivity index (χ0v) is 10.1. The summed E-state index contributed by atoms with van der Waals surface area (Å²) in [4.78, 5) is 13.4. The van der Waals surface area contributed by atoms with E-state index in [1.165, 1.54) is 18.5 Å². The fraction of sp³-hybridized carbons (Fsp3) is 0.583. The smallest absolute Gasteiger partial charge is 0.104 e. The van der Waals surface area contributed by atoms with Gasteiger partial charge < -0.3 is 14.8 Å². The molecule has 1 aromatic rings. The van der Waals surface area contributed by atoms with Crippen LogP contribution in [0.1, 0.15) is 29.7 Å². The Kier molecular flexibility index (Phi) is 3.96. The molecule has 1 N–H and O–H groups in total. The first-order valence-corrected chi connectivity index (χ1v) is 6.72. The monoisotopic (exact) mass is 239 g/mol. The summed E-state index contributed by atoms with van der Waals surface area (Å²) in [6.45, 7) is 3.39. The molecule has 16 heavy (non-hydrogen) atoms. The van der Waals surface area contributed by atoms with Gasteiger partial charge in [-0.25, -0.2) is 0 Å². The zero-order chi connectivity index (χ0) is 11.4. The Morgan fingerprint density at radius 2 is 2.38 bits per heavy atom. The van der Waals surface area contributed by atoms with Crippen molar-refractivity contribution in [3.05, 3.63) is 21.9 Å². The van der Waals surface area contributed by atoms with Gasteiger partial charge in [0.05, 0.1) is 13.1 Å². The molecule has 88 valence electrons. The second-order valence-electron chi connectivity index (χ2n) is 4.37. The number of unbranched alkanes of at least 4 members (excludes halogenated alkanes) is 1. The number of carboxylic acid groups (broad SMARTS) is 1. The topological polar surface area (TPSA) is 44.6 Å². The molecule has 0 saturated heterocycles. The van der Waals surface area contributed by atoms with Gasteiger partial charge in [0.2, 0.25) is 0 Å². The van der Waals surface area contributed by atoms with Crippen molar-refractivity contribution in [2.24, 2.45) is 0 Å². The lowest BCUT2D eigenvalue weighted by Gasteiger charge is -2.23. The summed E-state index contributed by atoms with van der Waals surface area (Å²) in [7, 11) is 0. The van der Waals surface area contributed by atoms with Crippen LogP contribution in [0.15, 0.2) is 11.4 Å². The molecule has 0 bridgehead atoms. The van der Waals surface area contributed by atoms with E-state index in [-0.39, 0.29) is 6.42 Å². The quantitative estimate of drug-likeness (QED) is 0.711. The first kappa shape index (κ1) is 11.6. The van der Waals surface area contributed by atoms with Gasteiger partial charge in [0, 0.05) is 22.8 Å². The van der Waals surface area contributed by atoms with Gasteiger partial charge >= 0.3 is 0 Å². The third kappa shape index (κ3) is 3.06. The minimum atomic E-state index is -0.922. The fourth-order valence-electron chi connectivity index (χ4n) is 2.25. The molecular formula is C12H17NO2S. The number of hydrogen-bond acceptors (Lipinski definition) is 3. The third-order valence-corrected chi connectivity index (χ3v) is 4.17. The number of carbonyl (C=O) groups excluding carboxylic acids is 1. The molecule has 0 aliphatic carbocycles. The Morgan fingerprint density at radius 3 is 3.19 bits per heavy atom. The van der Waals surface area contributed by atoms with Gasteiger partial charge in [0.1, 0.15) is 6.54 Å². The molecule has 1 atom stereocenters. The van der Waals surface area contributed by atoms with Crippen LogP contribution in [0, 0.1) is 0 Å². The van der Waals surface area contributed by atoms with E-state index >= 15 is 0 Å². The van der Waals surface area contributed by atoms with Crippen molar-refractivity contribution in [3.8, 4) is 0 Å². The van der Waals surface area contributed by atoms with Gasteiger partial charge in [-0.05, 0) is 30.7 Å². The lowest BCUT2D eigenvalue weighted by Crippen LogP contribution is -3.11. The van der Waals surface area contributed by atoms with Gasteiger partial charge in [0.25, 0.3) is 0 Å². The Balaban J connectivity index is 1.71. The molecule has 1 aliphatic rings. The first-order valence-electron chi connectivity index (χ1n) is 5.84. The van der Waals surface area contributed by atoms with E-state index in [4.69, 9.17) is 0 Å². The van der Waals surface area contributed by atoms with Crippen LogP contribution >= 0.6 is 11.3 Å². The van der Waals surface area contributed by atoms with Crippen LogP contribution in [0.5, 0.6) is 0 Å². The van der Waals surface area contributed by atoms with E-state index in [0.29, 0.717) is 0 Å². The first-order chi connectivity index (χ1) is 7.75. The fourth-order valence-corrected chi connectivity index (χ4v) is 3.16. The maximum Gasteiger partial charge on any atom is 0.104 e. The van der Waals surface area contributed by atoms with Crippen molar-refractivity contribution in [2.75, 3.05) is 13.1 Å². The lowest BCUT2D eigenvalue weighted by molar-refractivity contribution is -0.916.